The average Bonchev–Trinajstić information content (AvgIpc) is 2.57. The lowest BCUT2D eigenvalue weighted by Crippen LogP contribution is -2.33. The number of primary amides is 1. The minimum atomic E-state index is -1.47. The summed E-state index contributed by atoms with van der Waals surface area (Å²) in [5.74, 6) is -2.22. The maximum atomic E-state index is 11.4. The number of carbonyl (C=O) groups excluding carboxylic acids is 1. The van der Waals surface area contributed by atoms with Crippen molar-refractivity contribution in [3.05, 3.63) is 75.3 Å². The van der Waals surface area contributed by atoms with Crippen LogP contribution in [0.15, 0.2) is 48.5 Å². The van der Waals surface area contributed by atoms with Crippen LogP contribution in [-0.4, -0.2) is 25.1 Å². The SMILES string of the molecule is COC(OC)(c1ccccc1)c1ccc(C(N)=O)cc1[N+](=O)[O-]. The summed E-state index contributed by atoms with van der Waals surface area (Å²) in [7, 11) is 2.78. The third-order valence-corrected chi connectivity index (χ3v) is 3.56. The van der Waals surface area contributed by atoms with Gasteiger partial charge in [-0.05, 0) is 12.1 Å². The zero-order chi connectivity index (χ0) is 17.0. The van der Waals surface area contributed by atoms with Gasteiger partial charge in [-0.2, -0.15) is 0 Å². The van der Waals surface area contributed by atoms with E-state index in [1.54, 1.807) is 24.3 Å². The van der Waals surface area contributed by atoms with Crippen molar-refractivity contribution in [2.45, 2.75) is 5.79 Å². The Morgan fingerprint density at radius 2 is 1.74 bits per heavy atom. The first kappa shape index (κ1) is 16.6. The molecule has 2 aromatic rings. The summed E-state index contributed by atoms with van der Waals surface area (Å²) >= 11 is 0. The molecule has 0 saturated carbocycles. The smallest absolute Gasteiger partial charge is 0.279 e. The van der Waals surface area contributed by atoms with E-state index in [0.29, 0.717) is 5.56 Å². The Kier molecular flexibility index (Phi) is 4.73. The van der Waals surface area contributed by atoms with Crippen LogP contribution in [0.25, 0.3) is 0 Å². The van der Waals surface area contributed by atoms with Crippen LogP contribution in [0.1, 0.15) is 21.5 Å². The van der Waals surface area contributed by atoms with E-state index in [1.165, 1.54) is 26.4 Å². The van der Waals surface area contributed by atoms with E-state index in [9.17, 15) is 14.9 Å². The minimum absolute atomic E-state index is 0.0367. The Hall–Kier alpha value is -2.77. The van der Waals surface area contributed by atoms with Gasteiger partial charge in [0.1, 0.15) is 0 Å². The van der Waals surface area contributed by atoms with Gasteiger partial charge in [0.25, 0.3) is 5.69 Å². The van der Waals surface area contributed by atoms with Crippen LogP contribution in [-0.2, 0) is 15.3 Å². The number of nitrogens with two attached hydrogens (primary N) is 1. The highest BCUT2D eigenvalue weighted by Gasteiger charge is 2.40. The molecule has 2 rings (SSSR count). The second-order valence-corrected chi connectivity index (χ2v) is 4.74. The lowest BCUT2D eigenvalue weighted by molar-refractivity contribution is -0.388. The van der Waals surface area contributed by atoms with Gasteiger partial charge >= 0.3 is 0 Å². The average molecular weight is 316 g/mol. The monoisotopic (exact) mass is 316 g/mol. The van der Waals surface area contributed by atoms with Gasteiger partial charge < -0.3 is 15.2 Å². The van der Waals surface area contributed by atoms with Gasteiger partial charge in [0.05, 0.1) is 10.5 Å². The van der Waals surface area contributed by atoms with Crippen molar-refractivity contribution in [1.82, 2.24) is 0 Å². The molecule has 0 aliphatic rings. The van der Waals surface area contributed by atoms with Crippen molar-refractivity contribution in [1.29, 1.82) is 0 Å². The fourth-order valence-electron chi connectivity index (χ4n) is 2.47. The molecule has 0 aliphatic carbocycles. The molecular weight excluding hydrogens is 300 g/mol. The molecule has 0 saturated heterocycles. The van der Waals surface area contributed by atoms with Gasteiger partial charge in [-0.3, -0.25) is 14.9 Å². The highest BCUT2D eigenvalue weighted by molar-refractivity contribution is 5.93. The maximum Gasteiger partial charge on any atom is 0.279 e. The van der Waals surface area contributed by atoms with E-state index in [0.717, 1.165) is 6.07 Å². The van der Waals surface area contributed by atoms with E-state index in [-0.39, 0.29) is 16.8 Å². The number of carbonyl (C=O) groups is 1. The summed E-state index contributed by atoms with van der Waals surface area (Å²) in [4.78, 5) is 22.1. The minimum Gasteiger partial charge on any atom is -0.366 e. The first-order valence-electron chi connectivity index (χ1n) is 6.71. The highest BCUT2D eigenvalue weighted by atomic mass is 16.7. The summed E-state index contributed by atoms with van der Waals surface area (Å²) in [5, 5.41) is 11.4. The number of benzene rings is 2. The van der Waals surface area contributed by atoms with E-state index < -0.39 is 16.6 Å². The standard InChI is InChI=1S/C16H16N2O5/c1-22-16(23-2,12-6-4-3-5-7-12)13-9-8-11(15(17)19)10-14(13)18(20)21/h3-10H,1-2H3,(H2,17,19). The second-order valence-electron chi connectivity index (χ2n) is 4.74. The van der Waals surface area contributed by atoms with Crippen molar-refractivity contribution in [2.75, 3.05) is 14.2 Å². The molecule has 0 aliphatic heterocycles. The molecule has 2 N–H and O–H groups in total. The van der Waals surface area contributed by atoms with E-state index >= 15 is 0 Å². The summed E-state index contributed by atoms with van der Waals surface area (Å²) in [5.41, 5.74) is 5.67. The number of hydrogen-bond donors (Lipinski definition) is 1. The molecule has 0 heterocycles. The summed E-state index contributed by atoms with van der Waals surface area (Å²) in [6.45, 7) is 0. The summed E-state index contributed by atoms with van der Waals surface area (Å²) in [6, 6.07) is 12.8. The van der Waals surface area contributed by atoms with Crippen LogP contribution in [0, 0.1) is 10.1 Å². The molecule has 1 amide bonds. The summed E-state index contributed by atoms with van der Waals surface area (Å²) in [6.07, 6.45) is 0. The van der Waals surface area contributed by atoms with Gasteiger partial charge in [0.2, 0.25) is 11.7 Å². The van der Waals surface area contributed by atoms with Crippen molar-refractivity contribution in [3.8, 4) is 0 Å². The van der Waals surface area contributed by atoms with Gasteiger partial charge in [-0.1, -0.05) is 30.3 Å². The Morgan fingerprint density at radius 1 is 1.13 bits per heavy atom. The maximum absolute atomic E-state index is 11.4. The van der Waals surface area contributed by atoms with Crippen molar-refractivity contribution in [2.24, 2.45) is 5.73 Å². The Balaban J connectivity index is 2.74. The highest BCUT2D eigenvalue weighted by Crippen LogP contribution is 2.39. The Labute approximate surface area is 132 Å². The molecule has 2 aromatic carbocycles. The molecule has 0 radical (unpaired) electrons. The van der Waals surface area contributed by atoms with E-state index in [1.807, 2.05) is 6.07 Å². The molecule has 7 nitrogen and oxygen atoms in total. The normalized spacial score (nSPS) is 11.2. The molecular formula is C16H16N2O5. The molecule has 23 heavy (non-hydrogen) atoms. The van der Waals surface area contributed by atoms with E-state index in [2.05, 4.69) is 0 Å². The zero-order valence-electron chi connectivity index (χ0n) is 12.7. The lowest BCUT2D eigenvalue weighted by Gasteiger charge is -2.31. The van der Waals surface area contributed by atoms with E-state index in [4.69, 9.17) is 15.2 Å². The first-order valence-corrected chi connectivity index (χ1v) is 6.71. The number of hydrogen-bond acceptors (Lipinski definition) is 5. The molecule has 7 heteroatoms. The predicted molar refractivity (Wildman–Crippen MR) is 82.9 cm³/mol. The molecule has 120 valence electrons. The zero-order valence-corrected chi connectivity index (χ0v) is 12.7. The Bertz CT molecular complexity index is 727. The molecule has 0 aromatic heterocycles. The van der Waals surface area contributed by atoms with Crippen LogP contribution in [0.5, 0.6) is 0 Å². The number of methoxy groups -OCH3 is 2. The molecule has 0 bridgehead atoms. The Morgan fingerprint density at radius 3 is 2.22 bits per heavy atom. The van der Waals surface area contributed by atoms with Crippen LogP contribution in [0.2, 0.25) is 0 Å². The second kappa shape index (κ2) is 6.55. The fourth-order valence-corrected chi connectivity index (χ4v) is 2.47. The summed E-state index contributed by atoms with van der Waals surface area (Å²) < 4.78 is 11.0. The number of nitro benzene ring substituents is 1. The van der Waals surface area contributed by atoms with Crippen LogP contribution < -0.4 is 5.73 Å². The number of ether oxygens (including phenoxy) is 2. The molecule has 0 spiro atoms. The van der Waals surface area contributed by atoms with Crippen LogP contribution in [0.4, 0.5) is 5.69 Å². The van der Waals surface area contributed by atoms with Crippen molar-refractivity contribution in [3.63, 3.8) is 0 Å². The molecule has 0 unspecified atom stereocenters. The van der Waals surface area contributed by atoms with Gasteiger partial charge in [0, 0.05) is 31.4 Å². The van der Waals surface area contributed by atoms with Crippen LogP contribution >= 0.6 is 0 Å². The molecule has 0 atom stereocenters. The van der Waals surface area contributed by atoms with Crippen molar-refractivity contribution < 1.29 is 19.2 Å². The number of amides is 1. The first-order chi connectivity index (χ1) is 11.0. The van der Waals surface area contributed by atoms with Crippen molar-refractivity contribution >= 4 is 11.6 Å². The number of nitro groups is 1. The third kappa shape index (κ3) is 2.92. The third-order valence-electron chi connectivity index (χ3n) is 3.56. The predicted octanol–water partition coefficient (Wildman–Crippen LogP) is 2.19. The number of nitrogens with zero attached hydrogens (tertiary/aromatic N) is 1. The fraction of sp³-hybridized carbons (Fsp3) is 0.188. The lowest BCUT2D eigenvalue weighted by atomic mass is 9.94. The van der Waals surface area contributed by atoms with Gasteiger partial charge in [-0.25, -0.2) is 0 Å². The quantitative estimate of drug-likeness (QED) is 0.499. The van der Waals surface area contributed by atoms with Gasteiger partial charge in [0.15, 0.2) is 0 Å². The molecule has 0 fully saturated rings. The topological polar surface area (TPSA) is 105 Å². The van der Waals surface area contributed by atoms with Gasteiger partial charge in [-0.15, -0.1) is 0 Å². The van der Waals surface area contributed by atoms with Crippen LogP contribution in [0.3, 0.4) is 0 Å². The number of rotatable bonds is 6. The largest absolute Gasteiger partial charge is 0.366 e.